The number of rotatable bonds is 5. The number of methoxy groups -OCH3 is 2. The summed E-state index contributed by atoms with van der Waals surface area (Å²) in [4.78, 5) is 23.5. The van der Waals surface area contributed by atoms with Crippen molar-refractivity contribution in [2.24, 2.45) is 0 Å². The highest BCUT2D eigenvalue weighted by molar-refractivity contribution is 6.06. The molecule has 0 aliphatic carbocycles. The third-order valence-corrected chi connectivity index (χ3v) is 3.42. The lowest BCUT2D eigenvalue weighted by Gasteiger charge is -2.13. The molecule has 0 unspecified atom stereocenters. The van der Waals surface area contributed by atoms with Gasteiger partial charge in [-0.3, -0.25) is 9.59 Å². The third-order valence-electron chi connectivity index (χ3n) is 3.42. The number of nitrogens with one attached hydrogen (secondary N) is 2. The van der Waals surface area contributed by atoms with E-state index in [0.29, 0.717) is 28.4 Å². The van der Waals surface area contributed by atoms with E-state index in [9.17, 15) is 9.59 Å². The molecule has 0 heterocycles. The summed E-state index contributed by atoms with van der Waals surface area (Å²) in [6, 6.07) is 10.2. The number of ether oxygens (including phenoxy) is 2. The summed E-state index contributed by atoms with van der Waals surface area (Å²) < 4.78 is 10.5. The van der Waals surface area contributed by atoms with Gasteiger partial charge in [-0.25, -0.2) is 0 Å². The number of hydrogen-bond acceptors (Lipinski definition) is 4. The van der Waals surface area contributed by atoms with E-state index in [-0.39, 0.29) is 11.8 Å². The predicted molar refractivity (Wildman–Crippen MR) is 93.0 cm³/mol. The number of amides is 2. The molecule has 0 aliphatic rings. The van der Waals surface area contributed by atoms with Crippen molar-refractivity contribution in [2.45, 2.75) is 13.8 Å². The Labute approximate surface area is 140 Å². The van der Waals surface area contributed by atoms with E-state index in [1.165, 1.54) is 14.0 Å². The lowest BCUT2D eigenvalue weighted by Crippen LogP contribution is -2.14. The van der Waals surface area contributed by atoms with Crippen LogP contribution in [0.3, 0.4) is 0 Å². The predicted octanol–water partition coefficient (Wildman–Crippen LogP) is 3.22. The lowest BCUT2D eigenvalue weighted by molar-refractivity contribution is -0.114. The summed E-state index contributed by atoms with van der Waals surface area (Å²) in [5.74, 6) is 0.628. The summed E-state index contributed by atoms with van der Waals surface area (Å²) in [6.07, 6.45) is 0. The van der Waals surface area contributed by atoms with Gasteiger partial charge in [0.2, 0.25) is 5.91 Å². The Bertz CT molecular complexity index is 754. The molecule has 24 heavy (non-hydrogen) atoms. The van der Waals surface area contributed by atoms with Gasteiger partial charge in [-0.05, 0) is 48.9 Å². The zero-order valence-electron chi connectivity index (χ0n) is 14.1. The molecule has 0 saturated carbocycles. The summed E-state index contributed by atoms with van der Waals surface area (Å²) in [6.45, 7) is 3.32. The molecule has 0 fully saturated rings. The van der Waals surface area contributed by atoms with Crippen molar-refractivity contribution in [3.8, 4) is 11.5 Å². The molecule has 0 saturated heterocycles. The molecule has 0 aliphatic heterocycles. The summed E-state index contributed by atoms with van der Waals surface area (Å²) in [7, 11) is 3.07. The van der Waals surface area contributed by atoms with Crippen LogP contribution in [0, 0.1) is 6.92 Å². The maximum absolute atomic E-state index is 12.5. The van der Waals surface area contributed by atoms with Crippen LogP contribution < -0.4 is 20.1 Å². The first-order valence-corrected chi connectivity index (χ1v) is 7.36. The van der Waals surface area contributed by atoms with E-state index in [1.807, 2.05) is 6.92 Å². The highest BCUT2D eigenvalue weighted by Crippen LogP contribution is 2.29. The first kappa shape index (κ1) is 17.3. The highest BCUT2D eigenvalue weighted by atomic mass is 16.5. The Morgan fingerprint density at radius 3 is 1.92 bits per heavy atom. The van der Waals surface area contributed by atoms with Crippen molar-refractivity contribution >= 4 is 23.2 Å². The fourth-order valence-electron chi connectivity index (χ4n) is 2.27. The smallest absolute Gasteiger partial charge is 0.259 e. The molecule has 2 rings (SSSR count). The molecule has 0 atom stereocenters. The minimum Gasteiger partial charge on any atom is -0.496 e. The van der Waals surface area contributed by atoms with E-state index in [0.717, 1.165) is 5.56 Å². The highest BCUT2D eigenvalue weighted by Gasteiger charge is 2.16. The third kappa shape index (κ3) is 4.04. The first-order chi connectivity index (χ1) is 11.4. The second kappa shape index (κ2) is 7.50. The minimum atomic E-state index is -0.308. The average molecular weight is 328 g/mol. The maximum Gasteiger partial charge on any atom is 0.259 e. The van der Waals surface area contributed by atoms with E-state index < -0.39 is 0 Å². The van der Waals surface area contributed by atoms with Gasteiger partial charge in [-0.2, -0.15) is 0 Å². The molecule has 0 radical (unpaired) electrons. The van der Waals surface area contributed by atoms with E-state index in [4.69, 9.17) is 9.47 Å². The Morgan fingerprint density at radius 1 is 0.875 bits per heavy atom. The average Bonchev–Trinajstić information content (AvgIpc) is 2.55. The molecule has 2 aromatic carbocycles. The van der Waals surface area contributed by atoms with Crippen LogP contribution in [0.2, 0.25) is 0 Å². The van der Waals surface area contributed by atoms with Gasteiger partial charge in [0, 0.05) is 18.3 Å². The number of aryl methyl sites for hydroxylation is 1. The molecule has 2 aromatic rings. The van der Waals surface area contributed by atoms with Gasteiger partial charge in [0.05, 0.1) is 19.8 Å². The molecule has 2 N–H and O–H groups in total. The topological polar surface area (TPSA) is 76.7 Å². The molecular formula is C18H20N2O4. The standard InChI is InChI=1S/C18H20N2O4/c1-11-9-17(24-4)15(10-16(11)23-3)18(22)20-14-7-5-13(6-8-14)19-12(2)21/h5-10H,1-4H3,(H,19,21)(H,20,22). The fraction of sp³-hybridized carbons (Fsp3) is 0.222. The molecule has 0 bridgehead atoms. The monoisotopic (exact) mass is 328 g/mol. The fourth-order valence-corrected chi connectivity index (χ4v) is 2.27. The number of hydrogen-bond donors (Lipinski definition) is 2. The Kier molecular flexibility index (Phi) is 5.42. The Balaban J connectivity index is 2.21. The van der Waals surface area contributed by atoms with Gasteiger partial charge in [-0.1, -0.05) is 0 Å². The molecule has 6 heteroatoms. The quantitative estimate of drug-likeness (QED) is 0.883. The van der Waals surface area contributed by atoms with Gasteiger partial charge in [-0.15, -0.1) is 0 Å². The van der Waals surface area contributed by atoms with Crippen molar-refractivity contribution in [1.82, 2.24) is 0 Å². The number of benzene rings is 2. The van der Waals surface area contributed by atoms with Crippen molar-refractivity contribution < 1.29 is 19.1 Å². The van der Waals surface area contributed by atoms with Crippen molar-refractivity contribution in [3.05, 3.63) is 47.5 Å². The first-order valence-electron chi connectivity index (χ1n) is 7.36. The van der Waals surface area contributed by atoms with Crippen LogP contribution in [0.1, 0.15) is 22.8 Å². The van der Waals surface area contributed by atoms with Crippen LogP contribution in [0.15, 0.2) is 36.4 Å². The second-order valence-corrected chi connectivity index (χ2v) is 5.23. The molecular weight excluding hydrogens is 308 g/mol. The van der Waals surface area contributed by atoms with E-state index in [1.54, 1.807) is 43.5 Å². The normalized spacial score (nSPS) is 10.0. The molecule has 126 valence electrons. The van der Waals surface area contributed by atoms with Crippen molar-refractivity contribution in [3.63, 3.8) is 0 Å². The molecule has 6 nitrogen and oxygen atoms in total. The van der Waals surface area contributed by atoms with Gasteiger partial charge >= 0.3 is 0 Å². The summed E-state index contributed by atoms with van der Waals surface area (Å²) in [5, 5.41) is 5.47. The summed E-state index contributed by atoms with van der Waals surface area (Å²) >= 11 is 0. The SMILES string of the molecule is COc1cc(C(=O)Nc2ccc(NC(C)=O)cc2)c(OC)cc1C. The molecule has 2 amide bonds. The second-order valence-electron chi connectivity index (χ2n) is 5.23. The molecule has 0 aromatic heterocycles. The zero-order chi connectivity index (χ0) is 17.7. The van der Waals surface area contributed by atoms with Crippen LogP contribution >= 0.6 is 0 Å². The summed E-state index contributed by atoms with van der Waals surface area (Å²) in [5.41, 5.74) is 2.53. The Morgan fingerprint density at radius 2 is 1.42 bits per heavy atom. The van der Waals surface area contributed by atoms with Crippen molar-refractivity contribution in [1.29, 1.82) is 0 Å². The van der Waals surface area contributed by atoms with Crippen LogP contribution in [0.4, 0.5) is 11.4 Å². The van der Waals surface area contributed by atoms with Gasteiger partial charge in [0.15, 0.2) is 0 Å². The van der Waals surface area contributed by atoms with E-state index >= 15 is 0 Å². The van der Waals surface area contributed by atoms with Gasteiger partial charge in [0.25, 0.3) is 5.91 Å². The zero-order valence-corrected chi connectivity index (χ0v) is 14.1. The number of carbonyl (C=O) groups excluding carboxylic acids is 2. The largest absolute Gasteiger partial charge is 0.496 e. The van der Waals surface area contributed by atoms with Crippen molar-refractivity contribution in [2.75, 3.05) is 24.9 Å². The van der Waals surface area contributed by atoms with Gasteiger partial charge < -0.3 is 20.1 Å². The van der Waals surface area contributed by atoms with Crippen LogP contribution in [-0.2, 0) is 4.79 Å². The minimum absolute atomic E-state index is 0.150. The Hall–Kier alpha value is -3.02. The number of carbonyl (C=O) groups is 2. The van der Waals surface area contributed by atoms with E-state index in [2.05, 4.69) is 10.6 Å². The maximum atomic E-state index is 12.5. The van der Waals surface area contributed by atoms with Crippen LogP contribution in [0.5, 0.6) is 11.5 Å². The lowest BCUT2D eigenvalue weighted by atomic mass is 10.1. The van der Waals surface area contributed by atoms with Crippen LogP contribution in [-0.4, -0.2) is 26.0 Å². The van der Waals surface area contributed by atoms with Gasteiger partial charge in [0.1, 0.15) is 11.5 Å². The van der Waals surface area contributed by atoms with Crippen LogP contribution in [0.25, 0.3) is 0 Å². The molecule has 0 spiro atoms. The number of anilines is 2.